The molecule has 23 heteroatoms. The quantitative estimate of drug-likeness (QED) is 0.0237. The van der Waals surface area contributed by atoms with Gasteiger partial charge in [0, 0.05) is 19.5 Å². The summed E-state index contributed by atoms with van der Waals surface area (Å²) in [6.45, 7) is 1.90. The molecule has 0 aromatic heterocycles. The average Bonchev–Trinajstić information content (AvgIpc) is 4.08. The molecule has 2 aromatic rings. The number of aliphatic hydroxyl groups is 1. The summed E-state index contributed by atoms with van der Waals surface area (Å²) in [6.07, 6.45) is 3.03. The minimum Gasteiger partial charge on any atom is -0.480 e. The molecule has 2 aliphatic rings. The molecule has 4 rings (SSSR count). The number of guanidine groups is 1. The number of unbranched alkanes of at least 4 members (excludes halogenated alkanes) is 1. The summed E-state index contributed by atoms with van der Waals surface area (Å²) in [6, 6.07) is 7.62. The van der Waals surface area contributed by atoms with Crippen LogP contribution in [0.2, 0.25) is 0 Å². The van der Waals surface area contributed by atoms with E-state index in [0.29, 0.717) is 44.2 Å². The summed E-state index contributed by atoms with van der Waals surface area (Å²) in [5.41, 5.74) is 12.4. The van der Waals surface area contributed by atoms with Crippen molar-refractivity contribution in [3.05, 3.63) is 71.8 Å². The van der Waals surface area contributed by atoms with Crippen LogP contribution in [-0.2, 0) is 56.0 Å². The van der Waals surface area contributed by atoms with Gasteiger partial charge in [0.2, 0.25) is 47.3 Å². The van der Waals surface area contributed by atoms with Crippen molar-refractivity contribution in [1.29, 1.82) is 5.41 Å². The Morgan fingerprint density at radius 1 is 0.690 bits per heavy atom. The molecule has 8 atom stereocenters. The molecular weight excluding hydrogens is 921 g/mol. The van der Waals surface area contributed by atoms with Crippen molar-refractivity contribution >= 4 is 59.2 Å². The highest BCUT2D eigenvalue weighted by Crippen LogP contribution is 2.20. The van der Waals surface area contributed by atoms with Crippen LogP contribution in [0.15, 0.2) is 60.7 Å². The minimum absolute atomic E-state index is 0.0523. The van der Waals surface area contributed by atoms with E-state index in [-0.39, 0.29) is 57.6 Å². The van der Waals surface area contributed by atoms with Crippen LogP contribution in [0, 0.1) is 5.41 Å². The number of nitrogens with zero attached hydrogens (tertiary/aromatic N) is 1. The van der Waals surface area contributed by atoms with Crippen LogP contribution in [0.25, 0.3) is 0 Å². The Morgan fingerprint density at radius 3 is 1.83 bits per heavy atom. The lowest BCUT2D eigenvalue weighted by Gasteiger charge is -2.29. The maximum absolute atomic E-state index is 14.5. The lowest BCUT2D eigenvalue weighted by Crippen LogP contribution is -2.61. The number of carbonyl (C=O) groups excluding carboxylic acids is 8. The zero-order chi connectivity index (χ0) is 51.9. The van der Waals surface area contributed by atoms with Gasteiger partial charge in [0.15, 0.2) is 5.96 Å². The second kappa shape index (κ2) is 29.1. The van der Waals surface area contributed by atoms with Crippen molar-refractivity contribution in [1.82, 2.24) is 47.4 Å². The molecule has 2 saturated heterocycles. The fraction of sp³-hybridized carbons (Fsp3) is 0.542. The number of aliphatic carboxylic acids is 1. The van der Waals surface area contributed by atoms with Crippen molar-refractivity contribution in [2.45, 2.75) is 139 Å². The molecule has 2 aromatic carbocycles. The van der Waals surface area contributed by atoms with Crippen LogP contribution < -0.4 is 54.0 Å². The van der Waals surface area contributed by atoms with Gasteiger partial charge in [0.1, 0.15) is 42.3 Å². The van der Waals surface area contributed by atoms with Gasteiger partial charge in [-0.15, -0.1) is 0 Å². The van der Waals surface area contributed by atoms with Crippen molar-refractivity contribution in [2.24, 2.45) is 11.5 Å². The molecule has 2 aliphatic heterocycles. The standard InChI is InChI=1S/C48H70N12O11/c1-2-3-17-34(46(69)60-25-12-20-38(60)47(70)71)56-45(68)37(28-61)59-44(67)36(27-39(49)62)58-42(65)33(22-21-29-13-6-4-7-14-29)55-43(66)35(26-30-15-8-5-9-16-30)57-41(64)32(19-11-24-53-48(50)51)54-40(63)31-18-10-23-52-31/h4-9,13-16,31-38,52,61H,2-3,10-12,17-28H2,1H3,(H2,49,62)(H,54,63)(H,55,66)(H,56,68)(H,57,64)(H,58,65)(H,59,67)(H,70,71)(H4,50,51,53)/t31-,32-,33-,34-,35-,36-,37-,38+/m0/s1. The number of carbonyl (C=O) groups is 9. The first-order chi connectivity index (χ1) is 34.0. The highest BCUT2D eigenvalue weighted by atomic mass is 16.4. The van der Waals surface area contributed by atoms with Crippen LogP contribution in [0.4, 0.5) is 0 Å². The second-order valence-corrected chi connectivity index (χ2v) is 17.7. The predicted molar refractivity (Wildman–Crippen MR) is 259 cm³/mol. The third-order valence-electron chi connectivity index (χ3n) is 12.2. The van der Waals surface area contributed by atoms with E-state index in [4.69, 9.17) is 16.9 Å². The number of nitrogens with one attached hydrogen (secondary N) is 9. The number of carboxylic acid groups (broad SMARTS) is 1. The van der Waals surface area contributed by atoms with Gasteiger partial charge in [-0.05, 0) is 75.5 Å². The van der Waals surface area contributed by atoms with E-state index >= 15 is 0 Å². The largest absolute Gasteiger partial charge is 0.480 e. The number of benzene rings is 2. The maximum atomic E-state index is 14.5. The first-order valence-electron chi connectivity index (χ1n) is 24.1. The summed E-state index contributed by atoms with van der Waals surface area (Å²) < 4.78 is 0. The predicted octanol–water partition coefficient (Wildman–Crippen LogP) is -2.08. The van der Waals surface area contributed by atoms with Gasteiger partial charge in [0.05, 0.1) is 19.1 Å². The van der Waals surface area contributed by atoms with Crippen molar-refractivity contribution in [2.75, 3.05) is 26.2 Å². The Balaban J connectivity index is 1.57. The molecule has 388 valence electrons. The van der Waals surface area contributed by atoms with Gasteiger partial charge in [-0.25, -0.2) is 4.79 Å². The van der Waals surface area contributed by atoms with E-state index in [2.05, 4.69) is 42.5 Å². The fourth-order valence-corrected chi connectivity index (χ4v) is 8.38. The number of amides is 8. The smallest absolute Gasteiger partial charge is 0.326 e. The van der Waals surface area contributed by atoms with Crippen LogP contribution in [0.3, 0.4) is 0 Å². The normalized spacial score (nSPS) is 17.7. The van der Waals surface area contributed by atoms with Gasteiger partial charge in [-0.2, -0.15) is 0 Å². The van der Waals surface area contributed by atoms with E-state index in [9.17, 15) is 53.4 Å². The zero-order valence-electron chi connectivity index (χ0n) is 40.1. The van der Waals surface area contributed by atoms with Crippen molar-refractivity contribution in [3.63, 3.8) is 0 Å². The number of aliphatic hydroxyl groups excluding tert-OH is 1. The number of carboxylic acids is 1. The number of rotatable bonds is 29. The van der Waals surface area contributed by atoms with Crippen LogP contribution in [-0.4, -0.2) is 149 Å². The lowest BCUT2D eigenvalue weighted by atomic mass is 10.0. The zero-order valence-corrected chi connectivity index (χ0v) is 40.1. The van der Waals surface area contributed by atoms with Gasteiger partial charge >= 0.3 is 5.97 Å². The third kappa shape index (κ3) is 18.6. The van der Waals surface area contributed by atoms with Crippen molar-refractivity contribution in [3.8, 4) is 0 Å². The number of primary amides is 1. The van der Waals surface area contributed by atoms with Gasteiger partial charge in [-0.3, -0.25) is 43.8 Å². The minimum atomic E-state index is -1.74. The first kappa shape index (κ1) is 56.4. The number of nitrogens with two attached hydrogens (primary N) is 2. The monoisotopic (exact) mass is 991 g/mol. The Bertz CT molecular complexity index is 2140. The maximum Gasteiger partial charge on any atom is 0.326 e. The molecule has 8 amide bonds. The van der Waals surface area contributed by atoms with Gasteiger partial charge in [-0.1, -0.05) is 80.4 Å². The third-order valence-corrected chi connectivity index (χ3v) is 12.2. The second-order valence-electron chi connectivity index (χ2n) is 17.7. The van der Waals surface area contributed by atoms with E-state index < -0.39 is 115 Å². The highest BCUT2D eigenvalue weighted by Gasteiger charge is 2.39. The number of aryl methyl sites for hydroxylation is 1. The number of hydrogen-bond donors (Lipinski definition) is 13. The Labute approximate surface area is 412 Å². The highest BCUT2D eigenvalue weighted by molar-refractivity contribution is 5.99. The summed E-state index contributed by atoms with van der Waals surface area (Å²) in [5, 5.41) is 48.8. The van der Waals surface area contributed by atoms with E-state index in [1.54, 1.807) is 60.7 Å². The van der Waals surface area contributed by atoms with Gasteiger partial charge in [0.25, 0.3) is 0 Å². The summed E-state index contributed by atoms with van der Waals surface area (Å²) in [4.78, 5) is 123. The SMILES string of the molecule is CCCC[C@H](NC(=O)[C@H](CO)NC(=O)[C@H](CC(N)=O)NC(=O)[C@H](CCc1ccccc1)NC(=O)[C@H](Cc1ccccc1)NC(=O)[C@H](CCCNC(=N)N)NC(=O)[C@@H]1CCCN1)C(=O)N1CCC[C@@H]1C(=O)O. The molecule has 71 heavy (non-hydrogen) atoms. The number of hydrogen-bond acceptors (Lipinski definition) is 12. The van der Waals surface area contributed by atoms with Crippen LogP contribution in [0.1, 0.15) is 88.7 Å². The Morgan fingerprint density at radius 2 is 1.24 bits per heavy atom. The summed E-state index contributed by atoms with van der Waals surface area (Å²) >= 11 is 0. The molecule has 23 nitrogen and oxygen atoms in total. The number of likely N-dealkylation sites (tertiary alicyclic amines) is 1. The van der Waals surface area contributed by atoms with E-state index in [1.807, 2.05) is 6.92 Å². The van der Waals surface area contributed by atoms with E-state index in [1.165, 1.54) is 4.90 Å². The molecule has 15 N–H and O–H groups in total. The molecule has 2 heterocycles. The molecule has 0 radical (unpaired) electrons. The molecular formula is C48H70N12O11. The molecule has 0 unspecified atom stereocenters. The Hall–Kier alpha value is -7.14. The first-order valence-corrected chi connectivity index (χ1v) is 24.1. The molecule has 0 saturated carbocycles. The van der Waals surface area contributed by atoms with Gasteiger partial charge < -0.3 is 69.1 Å². The summed E-state index contributed by atoms with van der Waals surface area (Å²) in [7, 11) is 0. The van der Waals surface area contributed by atoms with Crippen LogP contribution >= 0.6 is 0 Å². The molecule has 0 aliphatic carbocycles. The topological polar surface area (TPSA) is 369 Å². The molecule has 0 bridgehead atoms. The Kier molecular flexibility index (Phi) is 23.2. The lowest BCUT2D eigenvalue weighted by molar-refractivity contribution is -0.149. The van der Waals surface area contributed by atoms with E-state index in [0.717, 1.165) is 12.0 Å². The fourth-order valence-electron chi connectivity index (χ4n) is 8.38. The van der Waals surface area contributed by atoms with Crippen LogP contribution in [0.5, 0.6) is 0 Å². The van der Waals surface area contributed by atoms with Crippen molar-refractivity contribution < 1.29 is 53.4 Å². The molecule has 0 spiro atoms. The molecule has 2 fully saturated rings. The average molecular weight is 991 g/mol. The summed E-state index contributed by atoms with van der Waals surface area (Å²) in [5.74, 6) is -8.06.